The largest absolute Gasteiger partial charge is 0.468 e. The number of carbonyl (C=O) groups is 1. The molecule has 134 valence electrons. The van der Waals surface area contributed by atoms with Crippen LogP contribution in [0.5, 0.6) is 0 Å². The van der Waals surface area contributed by atoms with Crippen molar-refractivity contribution in [3.63, 3.8) is 0 Å². The normalized spacial score (nSPS) is 22.7. The van der Waals surface area contributed by atoms with E-state index < -0.39 is 0 Å². The van der Waals surface area contributed by atoms with E-state index in [4.69, 9.17) is 4.42 Å². The molecule has 0 saturated carbocycles. The van der Waals surface area contributed by atoms with Crippen LogP contribution in [0.2, 0.25) is 0 Å². The third-order valence-electron chi connectivity index (χ3n) is 5.31. The second-order valence-corrected chi connectivity index (χ2v) is 8.06. The van der Waals surface area contributed by atoms with Crippen molar-refractivity contribution in [2.75, 3.05) is 13.1 Å². The summed E-state index contributed by atoms with van der Waals surface area (Å²) in [6.07, 6.45) is 3.74. The zero-order valence-electron chi connectivity index (χ0n) is 14.5. The molecule has 7 heteroatoms. The summed E-state index contributed by atoms with van der Waals surface area (Å²) < 4.78 is 7.66. The van der Waals surface area contributed by atoms with E-state index in [1.807, 2.05) is 42.3 Å². The minimum atomic E-state index is 0.0988. The van der Waals surface area contributed by atoms with Crippen LogP contribution in [0.3, 0.4) is 0 Å². The maximum atomic E-state index is 13.1. The zero-order valence-corrected chi connectivity index (χ0v) is 15.4. The average molecular weight is 368 g/mol. The van der Waals surface area contributed by atoms with Gasteiger partial charge in [-0.3, -0.25) is 9.69 Å². The zero-order chi connectivity index (χ0) is 17.7. The lowest BCUT2D eigenvalue weighted by atomic mass is 10.1. The van der Waals surface area contributed by atoms with Gasteiger partial charge in [-0.15, -0.1) is 11.3 Å². The molecule has 2 aliphatic heterocycles. The minimum absolute atomic E-state index is 0.0988. The summed E-state index contributed by atoms with van der Waals surface area (Å²) in [4.78, 5) is 22.0. The predicted octanol–water partition coefficient (Wildman–Crippen LogP) is 2.93. The standard InChI is InChI=1S/C19H20N4O2S/c1-13-20-14(12-26-13)8-23-18-11-21(9-15-4-3-7-25-15)10-17(18)22-6-2-5-16(22)19(23)24/h2-7,12,17-18H,8-11H2,1H3/t17-,18-/m1/s1. The van der Waals surface area contributed by atoms with Gasteiger partial charge in [0, 0.05) is 24.7 Å². The van der Waals surface area contributed by atoms with E-state index in [2.05, 4.69) is 19.8 Å². The Morgan fingerprint density at radius 1 is 1.23 bits per heavy atom. The molecule has 1 fully saturated rings. The lowest BCUT2D eigenvalue weighted by Crippen LogP contribution is -2.49. The monoisotopic (exact) mass is 368 g/mol. The molecule has 2 aliphatic rings. The molecular weight excluding hydrogens is 348 g/mol. The molecule has 26 heavy (non-hydrogen) atoms. The van der Waals surface area contributed by atoms with Gasteiger partial charge >= 0.3 is 0 Å². The number of amides is 1. The molecule has 5 heterocycles. The van der Waals surface area contributed by atoms with Gasteiger partial charge < -0.3 is 13.9 Å². The SMILES string of the molecule is Cc1nc(CN2C(=O)c3cccn3[C@@H]3CN(Cc4ccco4)C[C@H]32)cs1. The number of hydrogen-bond donors (Lipinski definition) is 0. The third-order valence-corrected chi connectivity index (χ3v) is 6.13. The van der Waals surface area contributed by atoms with Gasteiger partial charge in [0.1, 0.15) is 11.5 Å². The van der Waals surface area contributed by atoms with Crippen LogP contribution in [-0.2, 0) is 13.1 Å². The van der Waals surface area contributed by atoms with Gasteiger partial charge in [-0.1, -0.05) is 0 Å². The number of hydrogen-bond acceptors (Lipinski definition) is 5. The highest BCUT2D eigenvalue weighted by Crippen LogP contribution is 2.35. The van der Waals surface area contributed by atoms with Crippen molar-refractivity contribution in [3.05, 3.63) is 64.3 Å². The number of aryl methyl sites for hydroxylation is 1. The Labute approximate surface area is 155 Å². The van der Waals surface area contributed by atoms with E-state index in [0.717, 1.165) is 41.8 Å². The highest BCUT2D eigenvalue weighted by Gasteiger charge is 2.45. The van der Waals surface area contributed by atoms with E-state index in [1.165, 1.54) is 0 Å². The maximum absolute atomic E-state index is 13.1. The van der Waals surface area contributed by atoms with Gasteiger partial charge in [0.05, 0.1) is 42.1 Å². The molecule has 0 bridgehead atoms. The van der Waals surface area contributed by atoms with Crippen LogP contribution in [0.1, 0.15) is 33.0 Å². The predicted molar refractivity (Wildman–Crippen MR) is 98.0 cm³/mol. The van der Waals surface area contributed by atoms with Crippen LogP contribution in [0, 0.1) is 6.92 Å². The van der Waals surface area contributed by atoms with Crippen molar-refractivity contribution in [3.8, 4) is 0 Å². The summed E-state index contributed by atoms with van der Waals surface area (Å²) >= 11 is 1.63. The van der Waals surface area contributed by atoms with Gasteiger partial charge in [-0.25, -0.2) is 4.98 Å². The Balaban J connectivity index is 1.45. The number of aromatic nitrogens is 2. The highest BCUT2D eigenvalue weighted by atomic mass is 32.1. The molecule has 1 saturated heterocycles. The molecule has 0 radical (unpaired) electrons. The summed E-state index contributed by atoms with van der Waals surface area (Å²) in [5.41, 5.74) is 1.75. The van der Waals surface area contributed by atoms with E-state index in [-0.39, 0.29) is 18.0 Å². The van der Waals surface area contributed by atoms with Gasteiger partial charge in [-0.2, -0.15) is 0 Å². The van der Waals surface area contributed by atoms with Crippen LogP contribution in [0.15, 0.2) is 46.5 Å². The maximum Gasteiger partial charge on any atom is 0.271 e. The summed E-state index contributed by atoms with van der Waals surface area (Å²) in [7, 11) is 0. The first-order valence-corrected chi connectivity index (χ1v) is 9.70. The summed E-state index contributed by atoms with van der Waals surface area (Å²) in [6.45, 7) is 5.10. The first-order chi connectivity index (χ1) is 12.7. The fourth-order valence-corrected chi connectivity index (χ4v) is 4.79. The fraction of sp³-hybridized carbons (Fsp3) is 0.368. The smallest absolute Gasteiger partial charge is 0.271 e. The number of fused-ring (bicyclic) bond motifs is 3. The average Bonchev–Trinajstić information content (AvgIpc) is 3.39. The molecule has 2 atom stereocenters. The Morgan fingerprint density at radius 2 is 2.12 bits per heavy atom. The van der Waals surface area contributed by atoms with Crippen molar-refractivity contribution in [2.24, 2.45) is 0 Å². The molecule has 3 aromatic heterocycles. The lowest BCUT2D eigenvalue weighted by molar-refractivity contribution is 0.0553. The second kappa shape index (κ2) is 6.10. The van der Waals surface area contributed by atoms with Crippen LogP contribution in [0.4, 0.5) is 0 Å². The molecule has 0 unspecified atom stereocenters. The summed E-state index contributed by atoms with van der Waals surface area (Å²) in [5.74, 6) is 1.06. The van der Waals surface area contributed by atoms with Crippen molar-refractivity contribution in [2.45, 2.75) is 32.1 Å². The van der Waals surface area contributed by atoms with E-state index in [0.29, 0.717) is 6.54 Å². The van der Waals surface area contributed by atoms with Crippen molar-refractivity contribution in [1.82, 2.24) is 19.4 Å². The Bertz CT molecular complexity index is 929. The molecule has 0 aromatic carbocycles. The van der Waals surface area contributed by atoms with E-state index >= 15 is 0 Å². The Kier molecular flexibility index (Phi) is 3.72. The number of rotatable bonds is 4. The molecular formula is C19H20N4O2S. The van der Waals surface area contributed by atoms with Gasteiger partial charge in [0.2, 0.25) is 0 Å². The molecule has 0 aliphatic carbocycles. The molecule has 6 nitrogen and oxygen atoms in total. The van der Waals surface area contributed by atoms with Gasteiger partial charge in [-0.05, 0) is 31.2 Å². The van der Waals surface area contributed by atoms with Crippen LogP contribution in [0.25, 0.3) is 0 Å². The number of furan rings is 1. The minimum Gasteiger partial charge on any atom is -0.468 e. The van der Waals surface area contributed by atoms with E-state index in [1.54, 1.807) is 17.6 Å². The molecule has 0 N–H and O–H groups in total. The third kappa shape index (κ3) is 2.59. The number of thiazole rings is 1. The van der Waals surface area contributed by atoms with Crippen molar-refractivity contribution >= 4 is 17.2 Å². The molecule has 0 spiro atoms. The fourth-order valence-electron chi connectivity index (χ4n) is 4.19. The van der Waals surface area contributed by atoms with Gasteiger partial charge in [0.15, 0.2) is 0 Å². The Hall–Kier alpha value is -2.38. The first-order valence-electron chi connectivity index (χ1n) is 8.82. The number of likely N-dealkylation sites (tertiary alicyclic amines) is 1. The quantitative estimate of drug-likeness (QED) is 0.711. The molecule has 1 amide bonds. The Morgan fingerprint density at radius 3 is 2.88 bits per heavy atom. The van der Waals surface area contributed by atoms with Crippen LogP contribution < -0.4 is 0 Å². The lowest BCUT2D eigenvalue weighted by Gasteiger charge is -2.38. The number of carbonyl (C=O) groups excluding carboxylic acids is 1. The van der Waals surface area contributed by atoms with Crippen LogP contribution >= 0.6 is 11.3 Å². The van der Waals surface area contributed by atoms with Crippen LogP contribution in [-0.4, -0.2) is 44.4 Å². The first kappa shape index (κ1) is 15.8. The van der Waals surface area contributed by atoms with Crippen molar-refractivity contribution in [1.29, 1.82) is 0 Å². The number of nitrogens with zero attached hydrogens (tertiary/aromatic N) is 4. The topological polar surface area (TPSA) is 54.5 Å². The molecule has 3 aromatic rings. The molecule has 5 rings (SSSR count). The summed E-state index contributed by atoms with van der Waals surface area (Å²) in [5, 5.41) is 3.09. The summed E-state index contributed by atoms with van der Waals surface area (Å²) in [6, 6.07) is 8.24. The highest BCUT2D eigenvalue weighted by molar-refractivity contribution is 7.09. The second-order valence-electron chi connectivity index (χ2n) is 7.00. The van der Waals surface area contributed by atoms with Gasteiger partial charge in [0.25, 0.3) is 5.91 Å². The van der Waals surface area contributed by atoms with Crippen molar-refractivity contribution < 1.29 is 9.21 Å². The van der Waals surface area contributed by atoms with E-state index in [9.17, 15) is 4.79 Å².